The number of carbonyl (C=O) groups is 1. The van der Waals surface area contributed by atoms with Crippen molar-refractivity contribution in [2.45, 2.75) is 13.5 Å². The van der Waals surface area contributed by atoms with Crippen molar-refractivity contribution >= 4 is 17.4 Å². The van der Waals surface area contributed by atoms with E-state index < -0.39 is 0 Å². The zero-order valence-corrected chi connectivity index (χ0v) is 13.6. The molecule has 3 rings (SSSR count). The number of H-pyrrole nitrogens is 1. The Bertz CT molecular complexity index is 699. The number of hydrogen-bond acceptors (Lipinski definition) is 4. The first-order valence-corrected chi connectivity index (χ1v) is 7.55. The predicted octanol–water partition coefficient (Wildman–Crippen LogP) is 1.89. The van der Waals surface area contributed by atoms with Crippen LogP contribution in [-0.2, 0) is 6.54 Å². The molecular weight excluding hydrogens is 294 g/mol. The molecular formula is C16H21N5O2. The lowest BCUT2D eigenvalue weighted by atomic mass is 10.1. The van der Waals surface area contributed by atoms with E-state index in [0.29, 0.717) is 13.2 Å². The third kappa shape index (κ3) is 2.94. The van der Waals surface area contributed by atoms with Gasteiger partial charge in [-0.2, -0.15) is 0 Å². The number of carbonyl (C=O) groups excluding carboxylic acids is 1. The fourth-order valence-corrected chi connectivity index (χ4v) is 2.75. The Morgan fingerprint density at radius 3 is 3.04 bits per heavy atom. The molecule has 0 unspecified atom stereocenters. The number of fused-ring (bicyclic) bond motifs is 1. The number of benzene rings is 1. The minimum absolute atomic E-state index is 0.153. The Morgan fingerprint density at radius 1 is 1.52 bits per heavy atom. The first-order valence-electron chi connectivity index (χ1n) is 7.55. The van der Waals surface area contributed by atoms with Crippen LogP contribution in [0, 0.1) is 6.92 Å². The van der Waals surface area contributed by atoms with E-state index in [2.05, 4.69) is 20.2 Å². The van der Waals surface area contributed by atoms with E-state index in [0.717, 1.165) is 34.9 Å². The molecule has 1 aliphatic rings. The molecule has 1 aromatic carbocycles. The van der Waals surface area contributed by atoms with Crippen molar-refractivity contribution in [2.24, 2.45) is 0 Å². The van der Waals surface area contributed by atoms with Crippen LogP contribution >= 0.6 is 0 Å². The molecule has 2 aromatic rings. The van der Waals surface area contributed by atoms with Gasteiger partial charge in [0, 0.05) is 26.0 Å². The van der Waals surface area contributed by atoms with Crippen molar-refractivity contribution in [1.29, 1.82) is 0 Å². The summed E-state index contributed by atoms with van der Waals surface area (Å²) in [7, 11) is 3.37. The lowest BCUT2D eigenvalue weighted by Gasteiger charge is -2.33. The first-order chi connectivity index (χ1) is 11.1. The molecule has 122 valence electrons. The van der Waals surface area contributed by atoms with Crippen LogP contribution in [0.1, 0.15) is 11.3 Å². The van der Waals surface area contributed by atoms with Crippen LogP contribution in [0.3, 0.4) is 0 Å². The van der Waals surface area contributed by atoms with Crippen LogP contribution < -0.4 is 19.9 Å². The van der Waals surface area contributed by atoms with Crippen LogP contribution in [0.4, 0.5) is 16.2 Å². The van der Waals surface area contributed by atoms with Crippen molar-refractivity contribution < 1.29 is 9.53 Å². The van der Waals surface area contributed by atoms with Gasteiger partial charge in [0.05, 0.1) is 30.8 Å². The average Bonchev–Trinajstić information content (AvgIpc) is 3.07. The molecule has 0 fully saturated rings. The third-order valence-electron chi connectivity index (χ3n) is 4.00. The quantitative estimate of drug-likeness (QED) is 0.907. The highest BCUT2D eigenvalue weighted by Crippen LogP contribution is 2.39. The molecule has 1 aromatic heterocycles. The van der Waals surface area contributed by atoms with Crippen LogP contribution in [0.15, 0.2) is 24.7 Å². The Hall–Kier alpha value is -2.70. The van der Waals surface area contributed by atoms with Crippen molar-refractivity contribution in [3.63, 3.8) is 0 Å². The fourth-order valence-electron chi connectivity index (χ4n) is 2.75. The fraction of sp³-hybridized carbons (Fsp3) is 0.375. The summed E-state index contributed by atoms with van der Waals surface area (Å²) in [6.45, 7) is 4.12. The summed E-state index contributed by atoms with van der Waals surface area (Å²) in [6.07, 6.45) is 3.57. The van der Waals surface area contributed by atoms with Crippen LogP contribution in [-0.4, -0.2) is 43.2 Å². The number of rotatable bonds is 3. The van der Waals surface area contributed by atoms with Gasteiger partial charge in [-0.1, -0.05) is 0 Å². The zero-order valence-electron chi connectivity index (χ0n) is 13.6. The molecule has 0 saturated carbocycles. The van der Waals surface area contributed by atoms with E-state index in [9.17, 15) is 4.79 Å². The minimum atomic E-state index is -0.153. The summed E-state index contributed by atoms with van der Waals surface area (Å²) in [6, 6.07) is 3.80. The second-order valence-corrected chi connectivity index (χ2v) is 5.56. The normalized spacial score (nSPS) is 13.3. The van der Waals surface area contributed by atoms with Crippen molar-refractivity contribution in [1.82, 2.24) is 15.3 Å². The van der Waals surface area contributed by atoms with E-state index >= 15 is 0 Å². The maximum atomic E-state index is 11.9. The van der Waals surface area contributed by atoms with Gasteiger partial charge < -0.3 is 19.9 Å². The number of urea groups is 1. The number of aromatic nitrogens is 2. The van der Waals surface area contributed by atoms with Gasteiger partial charge in [0.25, 0.3) is 0 Å². The molecule has 1 aliphatic heterocycles. The van der Waals surface area contributed by atoms with E-state index in [1.165, 1.54) is 0 Å². The van der Waals surface area contributed by atoms with Crippen molar-refractivity contribution in [2.75, 3.05) is 37.0 Å². The minimum Gasteiger partial charge on any atom is -0.489 e. The van der Waals surface area contributed by atoms with E-state index in [1.54, 1.807) is 25.3 Å². The molecule has 2 amide bonds. The topological polar surface area (TPSA) is 73.5 Å². The molecule has 0 aliphatic carbocycles. The number of imidazole rings is 1. The number of ether oxygens (including phenoxy) is 1. The summed E-state index contributed by atoms with van der Waals surface area (Å²) in [5.41, 5.74) is 3.81. The number of nitrogens with zero attached hydrogens (tertiary/aromatic N) is 3. The van der Waals surface area contributed by atoms with Gasteiger partial charge in [-0.3, -0.25) is 4.90 Å². The van der Waals surface area contributed by atoms with E-state index in [-0.39, 0.29) is 6.03 Å². The summed E-state index contributed by atoms with van der Waals surface area (Å²) < 4.78 is 5.84. The first kappa shape index (κ1) is 15.2. The molecule has 2 heterocycles. The molecule has 7 heteroatoms. The molecule has 7 nitrogen and oxygen atoms in total. The van der Waals surface area contributed by atoms with Gasteiger partial charge in [0.1, 0.15) is 12.4 Å². The largest absolute Gasteiger partial charge is 0.489 e. The smallest absolute Gasteiger partial charge is 0.321 e. The highest BCUT2D eigenvalue weighted by Gasteiger charge is 2.23. The summed E-state index contributed by atoms with van der Waals surface area (Å²) in [5.74, 6) is 0.876. The van der Waals surface area contributed by atoms with Gasteiger partial charge in [0.2, 0.25) is 0 Å². The molecule has 23 heavy (non-hydrogen) atoms. The molecule has 0 bridgehead atoms. The van der Waals surface area contributed by atoms with Gasteiger partial charge in [-0.15, -0.1) is 0 Å². The number of aryl methyl sites for hydroxylation is 1. The highest BCUT2D eigenvalue weighted by molar-refractivity contribution is 5.92. The number of amides is 2. The Balaban J connectivity index is 1.96. The Morgan fingerprint density at radius 2 is 2.35 bits per heavy atom. The third-order valence-corrected chi connectivity index (χ3v) is 4.00. The van der Waals surface area contributed by atoms with Crippen molar-refractivity contribution in [3.8, 4) is 5.75 Å². The molecule has 0 saturated heterocycles. The average molecular weight is 315 g/mol. The molecule has 0 spiro atoms. The summed E-state index contributed by atoms with van der Waals surface area (Å²) >= 11 is 0. The second kappa shape index (κ2) is 6.20. The van der Waals surface area contributed by atoms with Gasteiger partial charge >= 0.3 is 6.03 Å². The molecule has 0 atom stereocenters. The lowest BCUT2D eigenvalue weighted by molar-refractivity contribution is 0.249. The predicted molar refractivity (Wildman–Crippen MR) is 89.2 cm³/mol. The maximum absolute atomic E-state index is 11.9. The van der Waals surface area contributed by atoms with Gasteiger partial charge in [-0.05, 0) is 24.6 Å². The van der Waals surface area contributed by atoms with E-state index in [4.69, 9.17) is 4.74 Å². The standard InChI is InChI=1S/C16H21N5O2/c1-11-6-13(20(3)16(22)17-2)7-14-15(11)23-5-4-21(14)9-12-8-18-10-19-12/h6-8,10H,4-5,9H2,1-3H3,(H,17,22)(H,18,19). The van der Waals surface area contributed by atoms with Crippen molar-refractivity contribution in [3.05, 3.63) is 35.9 Å². The van der Waals surface area contributed by atoms with Crippen LogP contribution in [0.25, 0.3) is 0 Å². The zero-order chi connectivity index (χ0) is 16.4. The van der Waals surface area contributed by atoms with Crippen LogP contribution in [0.5, 0.6) is 5.75 Å². The number of anilines is 2. The highest BCUT2D eigenvalue weighted by atomic mass is 16.5. The molecule has 0 radical (unpaired) electrons. The SMILES string of the molecule is CNC(=O)N(C)c1cc(C)c2c(c1)N(Cc1c[nH]cn1)CCO2. The summed E-state index contributed by atoms with van der Waals surface area (Å²) in [5, 5.41) is 2.64. The summed E-state index contributed by atoms with van der Waals surface area (Å²) in [4.78, 5) is 23.0. The Labute approximate surface area is 135 Å². The lowest BCUT2D eigenvalue weighted by Crippen LogP contribution is -2.36. The number of nitrogens with one attached hydrogen (secondary N) is 2. The number of hydrogen-bond donors (Lipinski definition) is 2. The van der Waals surface area contributed by atoms with Gasteiger partial charge in [-0.25, -0.2) is 9.78 Å². The molecule has 2 N–H and O–H groups in total. The Kier molecular flexibility index (Phi) is 4.10. The van der Waals surface area contributed by atoms with E-state index in [1.807, 2.05) is 25.3 Å². The monoisotopic (exact) mass is 315 g/mol. The second-order valence-electron chi connectivity index (χ2n) is 5.56. The maximum Gasteiger partial charge on any atom is 0.321 e. The van der Waals surface area contributed by atoms with Gasteiger partial charge in [0.15, 0.2) is 0 Å². The van der Waals surface area contributed by atoms with Crippen LogP contribution in [0.2, 0.25) is 0 Å². The number of aromatic amines is 1.